The molecule has 4 nitrogen and oxygen atoms in total. The number of rotatable bonds is 4. The van der Waals surface area contributed by atoms with Gasteiger partial charge in [-0.15, -0.1) is 12.4 Å². The molecule has 2 aliphatic rings. The molecule has 3 unspecified atom stereocenters. The highest BCUT2D eigenvalue weighted by molar-refractivity contribution is 5.85. The number of amides is 1. The molecule has 2 saturated heterocycles. The highest BCUT2D eigenvalue weighted by Crippen LogP contribution is 2.21. The largest absolute Gasteiger partial charge is 0.350 e. The molecule has 2 heterocycles. The Bertz CT molecular complexity index is 554. The third-order valence-corrected chi connectivity index (χ3v) is 5.37. The van der Waals surface area contributed by atoms with Crippen molar-refractivity contribution >= 4 is 18.3 Å². The number of halogens is 2. The van der Waals surface area contributed by atoms with Crippen molar-refractivity contribution in [3.05, 3.63) is 35.6 Å². The Morgan fingerprint density at radius 2 is 2.04 bits per heavy atom. The summed E-state index contributed by atoms with van der Waals surface area (Å²) in [5.74, 6) is 0.451. The van der Waals surface area contributed by atoms with Crippen LogP contribution < -0.4 is 10.6 Å². The molecule has 2 fully saturated rings. The van der Waals surface area contributed by atoms with Gasteiger partial charge in [0.1, 0.15) is 5.82 Å². The van der Waals surface area contributed by atoms with Gasteiger partial charge in [0.15, 0.2) is 0 Å². The number of hydrogen-bond acceptors (Lipinski definition) is 3. The molecule has 0 aliphatic carbocycles. The van der Waals surface area contributed by atoms with E-state index in [9.17, 15) is 9.18 Å². The predicted molar refractivity (Wildman–Crippen MR) is 100 cm³/mol. The van der Waals surface area contributed by atoms with Crippen LogP contribution in [-0.2, 0) is 11.3 Å². The number of nitrogens with one attached hydrogen (secondary N) is 2. The Kier molecular flexibility index (Phi) is 7.66. The van der Waals surface area contributed by atoms with E-state index in [2.05, 4.69) is 22.5 Å². The molecule has 3 atom stereocenters. The minimum atomic E-state index is -0.217. The van der Waals surface area contributed by atoms with Crippen molar-refractivity contribution in [2.45, 2.75) is 51.2 Å². The van der Waals surface area contributed by atoms with Crippen LogP contribution in [0.15, 0.2) is 24.3 Å². The van der Waals surface area contributed by atoms with Crippen LogP contribution in [0.2, 0.25) is 0 Å². The van der Waals surface area contributed by atoms with Crippen molar-refractivity contribution in [3.8, 4) is 0 Å². The zero-order valence-corrected chi connectivity index (χ0v) is 15.7. The van der Waals surface area contributed by atoms with Crippen molar-refractivity contribution in [1.82, 2.24) is 15.5 Å². The molecule has 6 heteroatoms. The van der Waals surface area contributed by atoms with E-state index in [1.807, 2.05) is 12.1 Å². The van der Waals surface area contributed by atoms with E-state index in [0.29, 0.717) is 12.5 Å². The van der Waals surface area contributed by atoms with Crippen molar-refractivity contribution in [2.24, 2.45) is 5.92 Å². The summed E-state index contributed by atoms with van der Waals surface area (Å²) in [5.41, 5.74) is 1.06. The van der Waals surface area contributed by atoms with Gasteiger partial charge in [0.25, 0.3) is 0 Å². The molecule has 2 N–H and O–H groups in total. The summed E-state index contributed by atoms with van der Waals surface area (Å²) in [4.78, 5) is 15.1. The van der Waals surface area contributed by atoms with Gasteiger partial charge >= 0.3 is 0 Å². The number of carbonyl (C=O) groups is 1. The number of nitrogens with zero attached hydrogens (tertiary/aromatic N) is 1. The Morgan fingerprint density at radius 1 is 1.28 bits per heavy atom. The zero-order valence-electron chi connectivity index (χ0n) is 14.8. The number of piperidine rings is 2. The van der Waals surface area contributed by atoms with Crippen LogP contribution in [0.4, 0.5) is 4.39 Å². The summed E-state index contributed by atoms with van der Waals surface area (Å²) >= 11 is 0. The lowest BCUT2D eigenvalue weighted by molar-refractivity contribution is -0.129. The van der Waals surface area contributed by atoms with E-state index in [-0.39, 0.29) is 36.2 Å². The lowest BCUT2D eigenvalue weighted by Crippen LogP contribution is -2.56. The normalized spacial score (nSPS) is 27.4. The van der Waals surface area contributed by atoms with Gasteiger partial charge in [-0.2, -0.15) is 0 Å². The molecule has 0 bridgehead atoms. The van der Waals surface area contributed by atoms with Crippen LogP contribution in [0.1, 0.15) is 38.2 Å². The lowest BCUT2D eigenvalue weighted by atomic mass is 9.93. The SMILES string of the molecule is CC1CCNCC1NC(=O)C1CCCCN1Cc1ccc(F)cc1.Cl. The summed E-state index contributed by atoms with van der Waals surface area (Å²) < 4.78 is 13.1. The van der Waals surface area contributed by atoms with Gasteiger partial charge < -0.3 is 10.6 Å². The van der Waals surface area contributed by atoms with Crippen molar-refractivity contribution < 1.29 is 9.18 Å². The van der Waals surface area contributed by atoms with E-state index < -0.39 is 0 Å². The smallest absolute Gasteiger partial charge is 0.237 e. The number of likely N-dealkylation sites (tertiary alicyclic amines) is 1. The van der Waals surface area contributed by atoms with E-state index >= 15 is 0 Å². The van der Waals surface area contributed by atoms with Crippen molar-refractivity contribution in [1.29, 1.82) is 0 Å². The monoisotopic (exact) mass is 369 g/mol. The van der Waals surface area contributed by atoms with Crippen LogP contribution in [-0.4, -0.2) is 42.5 Å². The summed E-state index contributed by atoms with van der Waals surface area (Å²) in [6.07, 6.45) is 4.22. The van der Waals surface area contributed by atoms with Crippen LogP contribution in [0, 0.1) is 11.7 Å². The van der Waals surface area contributed by atoms with Crippen LogP contribution in [0.5, 0.6) is 0 Å². The molecule has 0 radical (unpaired) electrons. The maximum atomic E-state index is 13.1. The third kappa shape index (κ3) is 5.40. The van der Waals surface area contributed by atoms with Gasteiger partial charge in [-0.25, -0.2) is 4.39 Å². The molecule has 1 aromatic carbocycles. The minimum Gasteiger partial charge on any atom is -0.350 e. The molecule has 0 aromatic heterocycles. The summed E-state index contributed by atoms with van der Waals surface area (Å²) in [7, 11) is 0. The van der Waals surface area contributed by atoms with Crippen molar-refractivity contribution in [2.75, 3.05) is 19.6 Å². The Labute approximate surface area is 156 Å². The van der Waals surface area contributed by atoms with Gasteiger partial charge in [-0.3, -0.25) is 9.69 Å². The average molecular weight is 370 g/mol. The molecular weight excluding hydrogens is 341 g/mol. The fraction of sp³-hybridized carbons (Fsp3) is 0.632. The number of hydrogen-bond donors (Lipinski definition) is 2. The third-order valence-electron chi connectivity index (χ3n) is 5.37. The van der Waals surface area contributed by atoms with E-state index in [0.717, 1.165) is 50.9 Å². The van der Waals surface area contributed by atoms with Gasteiger partial charge in [0.05, 0.1) is 6.04 Å². The van der Waals surface area contributed by atoms with Crippen molar-refractivity contribution in [3.63, 3.8) is 0 Å². The van der Waals surface area contributed by atoms with E-state index in [4.69, 9.17) is 0 Å². The summed E-state index contributed by atoms with van der Waals surface area (Å²) in [6.45, 7) is 5.74. The summed E-state index contributed by atoms with van der Waals surface area (Å²) in [6, 6.07) is 6.75. The minimum absolute atomic E-state index is 0. The average Bonchev–Trinajstić information content (AvgIpc) is 2.59. The van der Waals surface area contributed by atoms with Gasteiger partial charge in [0, 0.05) is 19.1 Å². The van der Waals surface area contributed by atoms with E-state index in [1.165, 1.54) is 12.1 Å². The van der Waals surface area contributed by atoms with Gasteiger partial charge in [-0.1, -0.05) is 25.5 Å². The first-order chi connectivity index (χ1) is 11.6. The molecule has 1 aromatic rings. The molecule has 140 valence electrons. The fourth-order valence-electron chi connectivity index (χ4n) is 3.76. The van der Waals surface area contributed by atoms with Gasteiger partial charge in [0.2, 0.25) is 5.91 Å². The Balaban J connectivity index is 0.00000225. The topological polar surface area (TPSA) is 44.4 Å². The molecule has 25 heavy (non-hydrogen) atoms. The second-order valence-electron chi connectivity index (χ2n) is 7.19. The molecule has 1 amide bonds. The number of benzene rings is 1. The highest BCUT2D eigenvalue weighted by atomic mass is 35.5. The van der Waals surface area contributed by atoms with Crippen LogP contribution >= 0.6 is 12.4 Å². The fourth-order valence-corrected chi connectivity index (χ4v) is 3.76. The number of carbonyl (C=O) groups excluding carboxylic acids is 1. The molecular formula is C19H29ClFN3O. The standard InChI is InChI=1S/C19H28FN3O.ClH/c1-14-9-10-21-12-17(14)22-19(24)18-4-2-3-11-23(18)13-15-5-7-16(20)8-6-15;/h5-8,14,17-18,21H,2-4,9-13H2,1H3,(H,22,24);1H. The molecule has 0 saturated carbocycles. The van der Waals surface area contributed by atoms with E-state index in [1.54, 1.807) is 0 Å². The first kappa shape index (κ1) is 20.1. The second kappa shape index (κ2) is 9.51. The van der Waals surface area contributed by atoms with Gasteiger partial charge in [-0.05, 0) is 56.0 Å². The first-order valence-corrected chi connectivity index (χ1v) is 9.13. The maximum absolute atomic E-state index is 13.1. The zero-order chi connectivity index (χ0) is 16.9. The Morgan fingerprint density at radius 3 is 2.76 bits per heavy atom. The molecule has 2 aliphatic heterocycles. The predicted octanol–water partition coefficient (Wildman–Crippen LogP) is 2.72. The Hall–Kier alpha value is -1.17. The quantitative estimate of drug-likeness (QED) is 0.857. The summed E-state index contributed by atoms with van der Waals surface area (Å²) in [5, 5.41) is 6.63. The first-order valence-electron chi connectivity index (χ1n) is 9.13. The van der Waals surface area contributed by atoms with Crippen LogP contribution in [0.25, 0.3) is 0 Å². The highest BCUT2D eigenvalue weighted by Gasteiger charge is 2.31. The second-order valence-corrected chi connectivity index (χ2v) is 7.19. The lowest BCUT2D eigenvalue weighted by Gasteiger charge is -2.37. The maximum Gasteiger partial charge on any atom is 0.237 e. The molecule has 0 spiro atoms. The molecule has 3 rings (SSSR count). The van der Waals surface area contributed by atoms with Crippen LogP contribution in [0.3, 0.4) is 0 Å².